The summed E-state index contributed by atoms with van der Waals surface area (Å²) < 4.78 is 0. The van der Waals surface area contributed by atoms with Crippen molar-refractivity contribution in [3.63, 3.8) is 0 Å². The summed E-state index contributed by atoms with van der Waals surface area (Å²) in [4.78, 5) is 0. The highest BCUT2D eigenvalue weighted by molar-refractivity contribution is 6.55. The van der Waals surface area contributed by atoms with Crippen LogP contribution < -0.4 is 0 Å². The molecule has 0 amide bonds. The van der Waals surface area contributed by atoms with Gasteiger partial charge in [0.15, 0.2) is 0 Å². The number of hydrogen-bond donors (Lipinski definition) is 0. The molecule has 1 radical (unpaired) electrons. The lowest BCUT2D eigenvalue weighted by Gasteiger charge is -2.01. The molecule has 0 unspecified atom stereocenters. The van der Waals surface area contributed by atoms with E-state index in [2.05, 4.69) is 20.0 Å². The van der Waals surface area contributed by atoms with Gasteiger partial charge in [0, 0.05) is 8.80 Å². The zero-order chi connectivity index (χ0) is 8.53. The molecular formula is C10H23Si. The van der Waals surface area contributed by atoms with E-state index in [0.717, 1.165) is 0 Å². The smallest absolute Gasteiger partial charge is 0.0412 e. The Balaban J connectivity index is 2.80. The van der Waals surface area contributed by atoms with Crippen molar-refractivity contribution in [2.24, 2.45) is 0 Å². The third-order valence-electron chi connectivity index (χ3n) is 2.03. The molecule has 67 valence electrons. The predicted molar refractivity (Wildman–Crippen MR) is 55.7 cm³/mol. The normalized spacial score (nSPS) is 10.9. The topological polar surface area (TPSA) is 0 Å². The zero-order valence-electron chi connectivity index (χ0n) is 8.45. The third kappa shape index (κ3) is 10.2. The van der Waals surface area contributed by atoms with Gasteiger partial charge in [-0.1, -0.05) is 64.6 Å². The van der Waals surface area contributed by atoms with E-state index in [1.165, 1.54) is 44.6 Å². The highest BCUT2D eigenvalue weighted by atomic mass is 28.3. The Morgan fingerprint density at radius 3 is 1.91 bits per heavy atom. The minimum Gasteiger partial charge on any atom is -0.0713 e. The predicted octanol–water partition coefficient (Wildman–Crippen LogP) is 4.10. The second kappa shape index (κ2) is 8.31. The molecular weight excluding hydrogens is 148 g/mol. The van der Waals surface area contributed by atoms with Gasteiger partial charge in [0.05, 0.1) is 0 Å². The van der Waals surface area contributed by atoms with Crippen LogP contribution in [0.25, 0.3) is 0 Å². The van der Waals surface area contributed by atoms with Crippen molar-refractivity contribution in [2.75, 3.05) is 0 Å². The molecule has 1 heteroatoms. The van der Waals surface area contributed by atoms with Crippen LogP contribution in [0.2, 0.25) is 19.1 Å². The van der Waals surface area contributed by atoms with Crippen molar-refractivity contribution in [2.45, 2.75) is 64.6 Å². The number of rotatable bonds is 7. The fourth-order valence-electron chi connectivity index (χ4n) is 1.26. The van der Waals surface area contributed by atoms with Gasteiger partial charge in [-0.25, -0.2) is 0 Å². The lowest BCUT2D eigenvalue weighted by atomic mass is 10.1. The van der Waals surface area contributed by atoms with Gasteiger partial charge in [-0.05, 0) is 0 Å². The summed E-state index contributed by atoms with van der Waals surface area (Å²) in [5.41, 5.74) is 0. The summed E-state index contributed by atoms with van der Waals surface area (Å²) in [6.45, 7) is 7.10. The lowest BCUT2D eigenvalue weighted by molar-refractivity contribution is 0.623. The van der Waals surface area contributed by atoms with E-state index in [-0.39, 0.29) is 8.80 Å². The van der Waals surface area contributed by atoms with Crippen LogP contribution in [-0.4, -0.2) is 8.80 Å². The standard InChI is InChI=1S/C10H23Si/c1-4-5-6-7-8-9-10-11(2)3/h4-10H2,1-3H3. The summed E-state index contributed by atoms with van der Waals surface area (Å²) >= 11 is 0. The average Bonchev–Trinajstić information content (AvgIpc) is 1.96. The summed E-state index contributed by atoms with van der Waals surface area (Å²) in [5, 5.41) is 0. The van der Waals surface area contributed by atoms with Crippen molar-refractivity contribution in [1.29, 1.82) is 0 Å². The van der Waals surface area contributed by atoms with Crippen LogP contribution in [0.5, 0.6) is 0 Å². The van der Waals surface area contributed by atoms with Gasteiger partial charge in [-0.3, -0.25) is 0 Å². The molecule has 0 spiro atoms. The van der Waals surface area contributed by atoms with Crippen molar-refractivity contribution < 1.29 is 0 Å². The van der Waals surface area contributed by atoms with Crippen LogP contribution in [-0.2, 0) is 0 Å². The minimum atomic E-state index is 0.0728. The largest absolute Gasteiger partial charge is 0.0713 e. The molecule has 0 aromatic heterocycles. The summed E-state index contributed by atoms with van der Waals surface area (Å²) in [6.07, 6.45) is 8.72. The van der Waals surface area contributed by atoms with Crippen molar-refractivity contribution >= 4 is 8.80 Å². The molecule has 0 aliphatic rings. The molecule has 0 atom stereocenters. The number of unbranched alkanes of at least 4 members (excludes halogenated alkanes) is 5. The first kappa shape index (κ1) is 11.2. The average molecular weight is 171 g/mol. The first-order valence-corrected chi connectivity index (χ1v) is 7.77. The highest BCUT2D eigenvalue weighted by Gasteiger charge is 1.94. The second-order valence-corrected chi connectivity index (χ2v) is 6.64. The Hall–Kier alpha value is 0.217. The monoisotopic (exact) mass is 171 g/mol. The Morgan fingerprint density at radius 2 is 1.36 bits per heavy atom. The molecule has 0 saturated heterocycles. The fourth-order valence-corrected chi connectivity index (χ4v) is 2.22. The second-order valence-electron chi connectivity index (χ2n) is 3.72. The van der Waals surface area contributed by atoms with E-state index in [1.54, 1.807) is 0 Å². The van der Waals surface area contributed by atoms with E-state index in [1.807, 2.05) is 0 Å². The summed E-state index contributed by atoms with van der Waals surface area (Å²) in [7, 11) is 0.0728. The van der Waals surface area contributed by atoms with Gasteiger partial charge in [0.2, 0.25) is 0 Å². The first-order chi connectivity index (χ1) is 5.27. The van der Waals surface area contributed by atoms with Crippen molar-refractivity contribution in [3.05, 3.63) is 0 Å². The van der Waals surface area contributed by atoms with Gasteiger partial charge in [-0.15, -0.1) is 0 Å². The Labute approximate surface area is 74.0 Å². The minimum absolute atomic E-state index is 0.0728. The molecule has 0 aromatic carbocycles. The zero-order valence-corrected chi connectivity index (χ0v) is 9.45. The molecule has 0 rings (SSSR count). The van der Waals surface area contributed by atoms with Gasteiger partial charge in [0.1, 0.15) is 0 Å². The van der Waals surface area contributed by atoms with E-state index >= 15 is 0 Å². The fraction of sp³-hybridized carbons (Fsp3) is 1.00. The Bertz CT molecular complexity index is 69.3. The molecule has 0 aromatic rings. The maximum atomic E-state index is 2.41. The third-order valence-corrected chi connectivity index (χ3v) is 3.38. The van der Waals surface area contributed by atoms with Crippen molar-refractivity contribution in [1.82, 2.24) is 0 Å². The molecule has 0 heterocycles. The van der Waals surface area contributed by atoms with E-state index in [0.29, 0.717) is 0 Å². The number of hydrogen-bond acceptors (Lipinski definition) is 0. The van der Waals surface area contributed by atoms with Crippen LogP contribution in [0.1, 0.15) is 45.4 Å². The summed E-state index contributed by atoms with van der Waals surface area (Å²) in [6, 6.07) is 1.52. The van der Waals surface area contributed by atoms with Crippen LogP contribution in [0.4, 0.5) is 0 Å². The highest BCUT2D eigenvalue weighted by Crippen LogP contribution is 2.08. The molecule has 0 aliphatic heterocycles. The lowest BCUT2D eigenvalue weighted by Crippen LogP contribution is -1.97. The first-order valence-electron chi connectivity index (χ1n) is 5.06. The van der Waals surface area contributed by atoms with Gasteiger partial charge in [0.25, 0.3) is 0 Å². The Morgan fingerprint density at radius 1 is 0.818 bits per heavy atom. The van der Waals surface area contributed by atoms with E-state index < -0.39 is 0 Å². The molecule has 0 fully saturated rings. The SMILES string of the molecule is CCCCCCCC[Si](C)C. The van der Waals surface area contributed by atoms with Crippen LogP contribution >= 0.6 is 0 Å². The van der Waals surface area contributed by atoms with Gasteiger partial charge in [-0.2, -0.15) is 0 Å². The molecule has 11 heavy (non-hydrogen) atoms. The molecule has 0 nitrogen and oxygen atoms in total. The van der Waals surface area contributed by atoms with Gasteiger partial charge < -0.3 is 0 Å². The maximum Gasteiger partial charge on any atom is 0.0412 e. The molecule has 0 aliphatic carbocycles. The molecule has 0 N–H and O–H groups in total. The van der Waals surface area contributed by atoms with Crippen LogP contribution in [0, 0.1) is 0 Å². The maximum absolute atomic E-state index is 2.41. The van der Waals surface area contributed by atoms with Crippen LogP contribution in [0.15, 0.2) is 0 Å². The summed E-state index contributed by atoms with van der Waals surface area (Å²) in [5.74, 6) is 0. The molecule has 0 saturated carbocycles. The van der Waals surface area contributed by atoms with Gasteiger partial charge >= 0.3 is 0 Å². The quantitative estimate of drug-likeness (QED) is 0.399. The van der Waals surface area contributed by atoms with E-state index in [4.69, 9.17) is 0 Å². The van der Waals surface area contributed by atoms with Crippen molar-refractivity contribution in [3.8, 4) is 0 Å². The Kier molecular flexibility index (Phi) is 8.48. The van der Waals surface area contributed by atoms with E-state index in [9.17, 15) is 0 Å². The van der Waals surface area contributed by atoms with Crippen LogP contribution in [0.3, 0.4) is 0 Å². The molecule has 0 bridgehead atoms.